The Morgan fingerprint density at radius 2 is 2.33 bits per heavy atom. The minimum atomic E-state index is 0.268. The summed E-state index contributed by atoms with van der Waals surface area (Å²) in [4.78, 5) is 0. The number of aromatic hydroxyl groups is 1. The molecule has 1 aliphatic heterocycles. The highest BCUT2D eigenvalue weighted by Crippen LogP contribution is 2.36. The number of aryl methyl sites for hydroxylation is 1. The summed E-state index contributed by atoms with van der Waals surface area (Å²) in [6.45, 7) is 3.34. The van der Waals surface area contributed by atoms with Gasteiger partial charge in [-0.15, -0.1) is 0 Å². The SMILES string of the molecule is Cc1cc(O)c2c(c1)OCCN2. The van der Waals surface area contributed by atoms with E-state index in [1.54, 1.807) is 6.07 Å². The number of ether oxygens (including phenoxy) is 1. The predicted molar refractivity (Wildman–Crippen MR) is 46.8 cm³/mol. The molecule has 0 amide bonds. The van der Waals surface area contributed by atoms with Gasteiger partial charge in [0.25, 0.3) is 0 Å². The zero-order chi connectivity index (χ0) is 8.55. The summed E-state index contributed by atoms with van der Waals surface area (Å²) < 4.78 is 5.36. The third-order valence-corrected chi connectivity index (χ3v) is 1.89. The molecule has 3 heteroatoms. The van der Waals surface area contributed by atoms with Gasteiger partial charge in [-0.1, -0.05) is 0 Å². The minimum absolute atomic E-state index is 0.268. The maximum Gasteiger partial charge on any atom is 0.146 e. The smallest absolute Gasteiger partial charge is 0.146 e. The number of hydrogen-bond donors (Lipinski definition) is 2. The topological polar surface area (TPSA) is 41.5 Å². The molecule has 0 saturated carbocycles. The molecule has 0 radical (unpaired) electrons. The van der Waals surface area contributed by atoms with Crippen LogP contribution in [-0.4, -0.2) is 18.3 Å². The predicted octanol–water partition coefficient (Wildman–Crippen LogP) is 1.50. The number of anilines is 1. The molecule has 1 aliphatic rings. The molecule has 0 aromatic heterocycles. The fraction of sp³-hybridized carbons (Fsp3) is 0.333. The lowest BCUT2D eigenvalue weighted by Crippen LogP contribution is -2.18. The van der Waals surface area contributed by atoms with Gasteiger partial charge in [-0.3, -0.25) is 0 Å². The van der Waals surface area contributed by atoms with Crippen LogP contribution in [-0.2, 0) is 0 Å². The fourth-order valence-corrected chi connectivity index (χ4v) is 1.36. The van der Waals surface area contributed by atoms with Crippen molar-refractivity contribution in [2.45, 2.75) is 6.92 Å². The van der Waals surface area contributed by atoms with Crippen molar-refractivity contribution >= 4 is 5.69 Å². The number of phenolic OH excluding ortho intramolecular Hbond substituents is 1. The molecule has 0 aliphatic carbocycles. The third kappa shape index (κ3) is 1.07. The Kier molecular flexibility index (Phi) is 1.57. The van der Waals surface area contributed by atoms with Crippen molar-refractivity contribution in [1.82, 2.24) is 0 Å². The van der Waals surface area contributed by atoms with Gasteiger partial charge in [0.1, 0.15) is 23.8 Å². The first kappa shape index (κ1) is 7.28. The molecule has 0 atom stereocenters. The monoisotopic (exact) mass is 165 g/mol. The molecule has 0 spiro atoms. The number of rotatable bonds is 0. The molecule has 12 heavy (non-hydrogen) atoms. The molecule has 64 valence electrons. The van der Waals surface area contributed by atoms with Crippen LogP contribution in [0.2, 0.25) is 0 Å². The lowest BCUT2D eigenvalue weighted by molar-refractivity contribution is 0.320. The van der Waals surface area contributed by atoms with E-state index >= 15 is 0 Å². The van der Waals surface area contributed by atoms with Gasteiger partial charge in [0.15, 0.2) is 0 Å². The molecule has 2 N–H and O–H groups in total. The van der Waals surface area contributed by atoms with E-state index in [1.165, 1.54) is 0 Å². The van der Waals surface area contributed by atoms with Gasteiger partial charge in [0.2, 0.25) is 0 Å². The Morgan fingerprint density at radius 3 is 3.17 bits per heavy atom. The van der Waals surface area contributed by atoms with Gasteiger partial charge in [-0.05, 0) is 24.6 Å². The Morgan fingerprint density at radius 1 is 1.50 bits per heavy atom. The Bertz CT molecular complexity index is 310. The zero-order valence-electron chi connectivity index (χ0n) is 6.92. The van der Waals surface area contributed by atoms with Crippen LogP contribution in [0.4, 0.5) is 5.69 Å². The second-order valence-corrected chi connectivity index (χ2v) is 2.93. The molecule has 1 aromatic carbocycles. The van der Waals surface area contributed by atoms with Crippen LogP contribution in [0.3, 0.4) is 0 Å². The van der Waals surface area contributed by atoms with Crippen molar-refractivity contribution in [1.29, 1.82) is 0 Å². The number of phenols is 1. The van der Waals surface area contributed by atoms with E-state index in [-0.39, 0.29) is 5.75 Å². The van der Waals surface area contributed by atoms with Crippen LogP contribution >= 0.6 is 0 Å². The Balaban J connectivity index is 2.53. The summed E-state index contributed by atoms with van der Waals surface area (Å²) in [7, 11) is 0. The minimum Gasteiger partial charge on any atom is -0.506 e. The van der Waals surface area contributed by atoms with Gasteiger partial charge in [0, 0.05) is 6.54 Å². The maximum absolute atomic E-state index is 9.49. The molecule has 0 unspecified atom stereocenters. The first-order valence-corrected chi connectivity index (χ1v) is 3.97. The Hall–Kier alpha value is -1.38. The first-order valence-electron chi connectivity index (χ1n) is 3.97. The van der Waals surface area contributed by atoms with Crippen molar-refractivity contribution in [2.24, 2.45) is 0 Å². The molecular weight excluding hydrogens is 154 g/mol. The molecule has 1 heterocycles. The molecule has 1 aromatic rings. The molecule has 0 fully saturated rings. The highest BCUT2D eigenvalue weighted by Gasteiger charge is 2.13. The lowest BCUT2D eigenvalue weighted by Gasteiger charge is -2.20. The van der Waals surface area contributed by atoms with E-state index in [4.69, 9.17) is 4.74 Å². The van der Waals surface area contributed by atoms with Crippen LogP contribution in [0.5, 0.6) is 11.5 Å². The summed E-state index contributed by atoms with van der Waals surface area (Å²) in [6, 6.07) is 3.64. The van der Waals surface area contributed by atoms with Crippen molar-refractivity contribution in [2.75, 3.05) is 18.5 Å². The van der Waals surface area contributed by atoms with Crippen LogP contribution in [0.25, 0.3) is 0 Å². The molecule has 0 saturated heterocycles. The number of fused-ring (bicyclic) bond motifs is 1. The van der Waals surface area contributed by atoms with Gasteiger partial charge in [0.05, 0.1) is 0 Å². The van der Waals surface area contributed by atoms with E-state index in [0.29, 0.717) is 12.3 Å². The third-order valence-electron chi connectivity index (χ3n) is 1.89. The van der Waals surface area contributed by atoms with Crippen LogP contribution in [0, 0.1) is 6.92 Å². The van der Waals surface area contributed by atoms with Gasteiger partial charge < -0.3 is 15.2 Å². The standard InChI is InChI=1S/C9H11NO2/c1-6-4-7(11)9-8(5-6)12-3-2-10-9/h4-5,10-11H,2-3H2,1H3. The van der Waals surface area contributed by atoms with E-state index in [9.17, 15) is 5.11 Å². The van der Waals surface area contributed by atoms with E-state index in [0.717, 1.165) is 17.9 Å². The fourth-order valence-electron chi connectivity index (χ4n) is 1.36. The Labute approximate surface area is 71.0 Å². The lowest BCUT2D eigenvalue weighted by atomic mass is 10.2. The normalized spacial score (nSPS) is 14.4. The van der Waals surface area contributed by atoms with Crippen molar-refractivity contribution < 1.29 is 9.84 Å². The molecule has 0 bridgehead atoms. The molecule has 3 nitrogen and oxygen atoms in total. The van der Waals surface area contributed by atoms with Gasteiger partial charge in [-0.2, -0.15) is 0 Å². The average Bonchev–Trinajstić information content (AvgIpc) is 2.04. The van der Waals surface area contributed by atoms with E-state index in [1.807, 2.05) is 13.0 Å². The summed E-state index contributed by atoms with van der Waals surface area (Å²) >= 11 is 0. The van der Waals surface area contributed by atoms with Crippen molar-refractivity contribution in [3.8, 4) is 11.5 Å². The number of nitrogens with one attached hydrogen (secondary N) is 1. The van der Waals surface area contributed by atoms with Crippen LogP contribution < -0.4 is 10.1 Å². The van der Waals surface area contributed by atoms with Crippen LogP contribution in [0.15, 0.2) is 12.1 Å². The maximum atomic E-state index is 9.49. The summed E-state index contributed by atoms with van der Waals surface area (Å²) in [6.07, 6.45) is 0. The van der Waals surface area contributed by atoms with Crippen molar-refractivity contribution in [3.63, 3.8) is 0 Å². The highest BCUT2D eigenvalue weighted by molar-refractivity contribution is 5.67. The highest BCUT2D eigenvalue weighted by atomic mass is 16.5. The quantitative estimate of drug-likeness (QED) is 0.572. The van der Waals surface area contributed by atoms with E-state index in [2.05, 4.69) is 5.32 Å². The van der Waals surface area contributed by atoms with Gasteiger partial charge in [-0.25, -0.2) is 0 Å². The van der Waals surface area contributed by atoms with E-state index < -0.39 is 0 Å². The number of benzene rings is 1. The summed E-state index contributed by atoms with van der Waals surface area (Å²) in [5, 5.41) is 12.6. The van der Waals surface area contributed by atoms with Gasteiger partial charge >= 0.3 is 0 Å². The molecular formula is C9H11NO2. The zero-order valence-corrected chi connectivity index (χ0v) is 6.92. The second kappa shape index (κ2) is 2.59. The summed E-state index contributed by atoms with van der Waals surface area (Å²) in [5.41, 5.74) is 1.72. The first-order chi connectivity index (χ1) is 5.77. The largest absolute Gasteiger partial charge is 0.506 e. The van der Waals surface area contributed by atoms with Crippen LogP contribution in [0.1, 0.15) is 5.56 Å². The van der Waals surface area contributed by atoms with Crippen molar-refractivity contribution in [3.05, 3.63) is 17.7 Å². The second-order valence-electron chi connectivity index (χ2n) is 2.93. The number of hydrogen-bond acceptors (Lipinski definition) is 3. The molecule has 2 rings (SSSR count). The summed E-state index contributed by atoms with van der Waals surface area (Å²) in [5.74, 6) is 1.02. The average molecular weight is 165 g/mol.